The number of amides is 1. The number of nitrogens with zero attached hydrogens (tertiary/aromatic N) is 6. The minimum absolute atomic E-state index is 0.212. The van der Waals surface area contributed by atoms with Gasteiger partial charge in [-0.3, -0.25) is 9.69 Å². The summed E-state index contributed by atoms with van der Waals surface area (Å²) in [7, 11) is 0. The van der Waals surface area contributed by atoms with E-state index >= 15 is 0 Å². The molecule has 1 fully saturated rings. The molecule has 3 N–H and O–H groups in total. The van der Waals surface area contributed by atoms with Crippen molar-refractivity contribution in [3.8, 4) is 11.3 Å². The summed E-state index contributed by atoms with van der Waals surface area (Å²) < 4.78 is 1.85. The quantitative estimate of drug-likeness (QED) is 0.459. The van der Waals surface area contributed by atoms with Crippen LogP contribution in [0, 0.1) is 13.8 Å². The number of nitrogens with one attached hydrogen (secondary N) is 1. The summed E-state index contributed by atoms with van der Waals surface area (Å²) in [6.07, 6.45) is 3.66. The van der Waals surface area contributed by atoms with Gasteiger partial charge in [0.15, 0.2) is 5.65 Å². The van der Waals surface area contributed by atoms with Gasteiger partial charge in [-0.2, -0.15) is 5.10 Å². The lowest BCUT2D eigenvalue weighted by Crippen LogP contribution is -2.58. The molecule has 0 radical (unpaired) electrons. The minimum Gasteiger partial charge on any atom is -0.369 e. The Labute approximate surface area is 205 Å². The van der Waals surface area contributed by atoms with Crippen LogP contribution in [0.15, 0.2) is 24.7 Å². The lowest BCUT2D eigenvalue weighted by Gasteiger charge is -2.44. The van der Waals surface area contributed by atoms with Gasteiger partial charge in [0.25, 0.3) is 0 Å². The molecular formula is C26H34N8O. The van der Waals surface area contributed by atoms with Crippen LogP contribution in [0.25, 0.3) is 27.9 Å². The van der Waals surface area contributed by atoms with Crippen LogP contribution in [0.2, 0.25) is 0 Å². The van der Waals surface area contributed by atoms with Gasteiger partial charge >= 0.3 is 0 Å². The zero-order valence-electron chi connectivity index (χ0n) is 21.3. The molecule has 0 aromatic carbocycles. The zero-order valence-corrected chi connectivity index (χ0v) is 21.3. The maximum absolute atomic E-state index is 11.4. The molecule has 0 saturated carbocycles. The molecule has 0 aliphatic carbocycles. The number of H-pyrrole nitrogens is 1. The fourth-order valence-electron chi connectivity index (χ4n) is 5.68. The molecule has 9 nitrogen and oxygen atoms in total. The van der Waals surface area contributed by atoms with E-state index in [0.29, 0.717) is 6.54 Å². The van der Waals surface area contributed by atoms with Crippen molar-refractivity contribution in [3.63, 3.8) is 0 Å². The topological polar surface area (TPSA) is 108 Å². The molecule has 1 aliphatic heterocycles. The number of carbonyl (C=O) groups excluding carboxylic acids is 1. The molecule has 4 aromatic rings. The Hall–Kier alpha value is -3.46. The number of aromatic amines is 1. The Bertz CT molecular complexity index is 1410. The fraction of sp³-hybridized carbons (Fsp3) is 0.462. The Balaban J connectivity index is 1.60. The van der Waals surface area contributed by atoms with Crippen LogP contribution in [0.5, 0.6) is 0 Å². The fourth-order valence-corrected chi connectivity index (χ4v) is 5.68. The van der Waals surface area contributed by atoms with Gasteiger partial charge in [-0.15, -0.1) is 0 Å². The predicted molar refractivity (Wildman–Crippen MR) is 139 cm³/mol. The van der Waals surface area contributed by atoms with Crippen molar-refractivity contribution in [1.82, 2.24) is 29.5 Å². The summed E-state index contributed by atoms with van der Waals surface area (Å²) >= 11 is 0. The number of piperazine rings is 1. The molecule has 5 rings (SSSR count). The minimum atomic E-state index is -0.284. The number of pyridine rings is 2. The first-order valence-electron chi connectivity index (χ1n) is 12.3. The molecular weight excluding hydrogens is 440 g/mol. The molecule has 35 heavy (non-hydrogen) atoms. The number of hydrogen-bond acceptors (Lipinski definition) is 6. The lowest BCUT2D eigenvalue weighted by atomic mass is 9.95. The third kappa shape index (κ3) is 3.93. The molecule has 4 aromatic heterocycles. The molecule has 1 aliphatic rings. The van der Waals surface area contributed by atoms with E-state index in [1.165, 1.54) is 11.1 Å². The van der Waals surface area contributed by atoms with E-state index in [9.17, 15) is 4.79 Å². The van der Waals surface area contributed by atoms with Crippen LogP contribution >= 0.6 is 0 Å². The van der Waals surface area contributed by atoms with Crippen LogP contribution in [0.3, 0.4) is 0 Å². The highest BCUT2D eigenvalue weighted by atomic mass is 16.1. The highest BCUT2D eigenvalue weighted by molar-refractivity contribution is 5.90. The summed E-state index contributed by atoms with van der Waals surface area (Å²) in [6, 6.07) is 4.66. The lowest BCUT2D eigenvalue weighted by molar-refractivity contribution is -0.119. The first-order chi connectivity index (χ1) is 16.7. The number of anilines is 1. The largest absolute Gasteiger partial charge is 0.369 e. The van der Waals surface area contributed by atoms with Gasteiger partial charge < -0.3 is 15.6 Å². The summed E-state index contributed by atoms with van der Waals surface area (Å²) in [6.45, 7) is 14.9. The molecule has 1 amide bonds. The number of aromatic nitrogens is 5. The number of primary amides is 1. The molecule has 0 spiro atoms. The number of carbonyl (C=O) groups is 1. The third-order valence-corrected chi connectivity index (χ3v) is 7.28. The van der Waals surface area contributed by atoms with Crippen LogP contribution < -0.4 is 10.6 Å². The van der Waals surface area contributed by atoms with Crippen molar-refractivity contribution in [2.45, 2.75) is 59.5 Å². The first-order valence-corrected chi connectivity index (χ1v) is 12.3. The number of aryl methyl sites for hydroxylation is 1. The van der Waals surface area contributed by atoms with E-state index < -0.39 is 0 Å². The van der Waals surface area contributed by atoms with Crippen LogP contribution in [-0.2, 0) is 4.79 Å². The number of rotatable bonds is 5. The smallest absolute Gasteiger partial charge is 0.231 e. The maximum atomic E-state index is 11.4. The van der Waals surface area contributed by atoms with Crippen LogP contribution in [0.1, 0.15) is 50.3 Å². The SMILES string of the molecule is Cc1c(-c2[nH]c3ccc(N4[C@H](C)CN(CC(N)=O)C[C@H]4C)nc3c2C(C)C)cn2ncnc2c1C. The highest BCUT2D eigenvalue weighted by Crippen LogP contribution is 2.38. The average molecular weight is 475 g/mol. The number of fused-ring (bicyclic) bond motifs is 2. The summed E-state index contributed by atoms with van der Waals surface area (Å²) in [5, 5.41) is 4.39. The van der Waals surface area contributed by atoms with Crippen LogP contribution in [0.4, 0.5) is 5.82 Å². The Morgan fingerprint density at radius 3 is 2.54 bits per heavy atom. The van der Waals surface area contributed by atoms with E-state index in [1.54, 1.807) is 6.33 Å². The molecule has 0 bridgehead atoms. The third-order valence-electron chi connectivity index (χ3n) is 7.28. The molecule has 2 atom stereocenters. The second-order valence-corrected chi connectivity index (χ2v) is 10.2. The Morgan fingerprint density at radius 2 is 1.89 bits per heavy atom. The zero-order chi connectivity index (χ0) is 25.0. The van der Waals surface area contributed by atoms with Crippen molar-refractivity contribution in [1.29, 1.82) is 0 Å². The van der Waals surface area contributed by atoms with Gasteiger partial charge in [0, 0.05) is 42.5 Å². The Kier molecular flexibility index (Phi) is 5.75. The van der Waals surface area contributed by atoms with E-state index in [0.717, 1.165) is 52.4 Å². The van der Waals surface area contributed by atoms with Gasteiger partial charge in [-0.05, 0) is 56.9 Å². The first kappa shape index (κ1) is 23.3. The summed E-state index contributed by atoms with van der Waals surface area (Å²) in [5.41, 5.74) is 14.1. The molecule has 9 heteroatoms. The van der Waals surface area contributed by atoms with Gasteiger partial charge in [-0.1, -0.05) is 13.8 Å². The predicted octanol–water partition coefficient (Wildman–Crippen LogP) is 3.40. The molecule has 0 unspecified atom stereocenters. The average Bonchev–Trinajstić information content (AvgIpc) is 3.39. The molecule has 5 heterocycles. The summed E-state index contributed by atoms with van der Waals surface area (Å²) in [4.78, 5) is 29.2. The maximum Gasteiger partial charge on any atom is 0.231 e. The van der Waals surface area contributed by atoms with Gasteiger partial charge in [0.05, 0.1) is 23.3 Å². The standard InChI is InChI=1S/C26H34N8O/c1-14(2)23-24(19-11-33-26(28-13-29-33)18(6)17(19)5)30-20-7-8-22(31-25(20)23)34-15(3)9-32(10-16(34)4)12-21(27)35/h7-8,11,13-16,30H,9-10,12H2,1-6H3,(H2,27,35)/t15-,16-/m1/s1. The van der Waals surface area contributed by atoms with Crippen molar-refractivity contribution >= 4 is 28.4 Å². The van der Waals surface area contributed by atoms with Gasteiger partial charge in [-0.25, -0.2) is 14.5 Å². The van der Waals surface area contributed by atoms with Crippen LogP contribution in [-0.4, -0.2) is 67.1 Å². The second kappa shape index (κ2) is 8.64. The monoisotopic (exact) mass is 474 g/mol. The van der Waals surface area contributed by atoms with Crippen molar-refractivity contribution in [3.05, 3.63) is 41.3 Å². The Morgan fingerprint density at radius 1 is 1.17 bits per heavy atom. The summed E-state index contributed by atoms with van der Waals surface area (Å²) in [5.74, 6) is 0.951. The number of nitrogens with two attached hydrogens (primary N) is 1. The number of hydrogen-bond donors (Lipinski definition) is 2. The normalized spacial score (nSPS) is 19.3. The van der Waals surface area contributed by atoms with Gasteiger partial charge in [0.1, 0.15) is 12.1 Å². The van der Waals surface area contributed by atoms with Crippen molar-refractivity contribution in [2.24, 2.45) is 5.73 Å². The molecule has 1 saturated heterocycles. The van der Waals surface area contributed by atoms with Gasteiger partial charge in [0.2, 0.25) is 5.91 Å². The highest BCUT2D eigenvalue weighted by Gasteiger charge is 2.31. The van der Waals surface area contributed by atoms with E-state index in [1.807, 2.05) is 4.52 Å². The van der Waals surface area contributed by atoms with Crippen molar-refractivity contribution < 1.29 is 4.79 Å². The van der Waals surface area contributed by atoms with Crippen molar-refractivity contribution in [2.75, 3.05) is 24.5 Å². The van der Waals surface area contributed by atoms with E-state index in [4.69, 9.17) is 10.7 Å². The van der Waals surface area contributed by atoms with E-state index in [2.05, 4.69) is 84.7 Å². The second-order valence-electron chi connectivity index (χ2n) is 10.2. The molecule has 184 valence electrons. The van der Waals surface area contributed by atoms with E-state index in [-0.39, 0.29) is 23.9 Å².